The van der Waals surface area contributed by atoms with Crippen molar-refractivity contribution in [2.24, 2.45) is 0 Å². The Morgan fingerprint density at radius 3 is 2.74 bits per heavy atom. The van der Waals surface area contributed by atoms with Crippen LogP contribution in [0.25, 0.3) is 6.08 Å². The lowest BCUT2D eigenvalue weighted by atomic mass is 10.2. The van der Waals surface area contributed by atoms with E-state index >= 15 is 0 Å². The summed E-state index contributed by atoms with van der Waals surface area (Å²) in [4.78, 5) is 19.0. The van der Waals surface area contributed by atoms with E-state index in [1.807, 2.05) is 4.72 Å². The van der Waals surface area contributed by atoms with Crippen LogP contribution >= 0.6 is 11.6 Å². The molecular formula is C14H11ClFN3O3S. The Kier molecular flexibility index (Phi) is 5.41. The average molecular weight is 356 g/mol. The fourth-order valence-electron chi connectivity index (χ4n) is 1.63. The van der Waals surface area contributed by atoms with E-state index in [2.05, 4.69) is 9.97 Å². The largest absolute Gasteiger partial charge is 0.269 e. The summed E-state index contributed by atoms with van der Waals surface area (Å²) in [5, 5.41) is 0.238. The first-order valence-electron chi connectivity index (χ1n) is 6.27. The minimum absolute atomic E-state index is 0.238. The lowest BCUT2D eigenvalue weighted by Crippen LogP contribution is -2.30. The van der Waals surface area contributed by atoms with Crippen LogP contribution in [0.3, 0.4) is 0 Å². The van der Waals surface area contributed by atoms with E-state index in [-0.39, 0.29) is 5.15 Å². The van der Waals surface area contributed by atoms with Crippen molar-refractivity contribution in [3.05, 3.63) is 65.0 Å². The number of amides is 1. The lowest BCUT2D eigenvalue weighted by molar-refractivity contribution is -0.114. The number of nitrogens with one attached hydrogen (secondary N) is 1. The standard InChI is InChI=1S/C14H11ClFN3O3S/c15-13-3-1-11(7-18-13)9-23(21,22)19-14(20)4-2-10-5-12(16)8-17-6-10/h1-8H,9H2,(H,19,20). The average Bonchev–Trinajstić information content (AvgIpc) is 2.47. The molecule has 0 radical (unpaired) electrons. The van der Waals surface area contributed by atoms with Gasteiger partial charge in [-0.1, -0.05) is 17.7 Å². The molecule has 0 aromatic carbocycles. The minimum Gasteiger partial charge on any atom is -0.269 e. The number of sulfonamides is 1. The molecule has 0 spiro atoms. The van der Waals surface area contributed by atoms with Gasteiger partial charge >= 0.3 is 0 Å². The summed E-state index contributed by atoms with van der Waals surface area (Å²) in [5.74, 6) is -1.83. The first kappa shape index (κ1) is 17.0. The molecule has 0 aliphatic heterocycles. The van der Waals surface area contributed by atoms with E-state index in [1.165, 1.54) is 30.6 Å². The maximum Gasteiger partial charge on any atom is 0.257 e. The summed E-state index contributed by atoms with van der Waals surface area (Å²) in [6, 6.07) is 4.10. The Labute approximate surface area is 137 Å². The molecule has 23 heavy (non-hydrogen) atoms. The van der Waals surface area contributed by atoms with Crippen LogP contribution in [0.2, 0.25) is 5.15 Å². The zero-order valence-corrected chi connectivity index (χ0v) is 13.2. The quantitative estimate of drug-likeness (QED) is 0.654. The molecule has 2 aromatic rings. The van der Waals surface area contributed by atoms with E-state index < -0.39 is 27.5 Å². The van der Waals surface area contributed by atoms with Gasteiger partial charge in [-0.15, -0.1) is 0 Å². The Balaban J connectivity index is 1.99. The van der Waals surface area contributed by atoms with Crippen LogP contribution in [-0.2, 0) is 20.6 Å². The normalized spacial score (nSPS) is 11.6. The van der Waals surface area contributed by atoms with Crippen LogP contribution in [-0.4, -0.2) is 24.3 Å². The summed E-state index contributed by atoms with van der Waals surface area (Å²) < 4.78 is 38.5. The summed E-state index contributed by atoms with van der Waals surface area (Å²) in [6.45, 7) is 0. The van der Waals surface area contributed by atoms with Gasteiger partial charge in [-0.2, -0.15) is 0 Å². The van der Waals surface area contributed by atoms with Crippen molar-refractivity contribution >= 4 is 33.6 Å². The number of rotatable bonds is 5. The van der Waals surface area contributed by atoms with Gasteiger partial charge in [-0.3, -0.25) is 9.78 Å². The van der Waals surface area contributed by atoms with Gasteiger partial charge in [-0.25, -0.2) is 22.5 Å². The van der Waals surface area contributed by atoms with Crippen LogP contribution in [0, 0.1) is 5.82 Å². The molecule has 2 rings (SSSR count). The fourth-order valence-corrected chi connectivity index (χ4v) is 2.79. The zero-order valence-electron chi connectivity index (χ0n) is 11.6. The summed E-state index contributed by atoms with van der Waals surface area (Å²) in [6.07, 6.45) is 5.89. The highest BCUT2D eigenvalue weighted by molar-refractivity contribution is 7.89. The SMILES string of the molecule is O=C(C=Cc1cncc(F)c1)NS(=O)(=O)Cc1ccc(Cl)nc1. The molecule has 0 atom stereocenters. The lowest BCUT2D eigenvalue weighted by Gasteiger charge is -2.04. The van der Waals surface area contributed by atoms with Crippen LogP contribution in [0.15, 0.2) is 42.9 Å². The van der Waals surface area contributed by atoms with Crippen LogP contribution in [0.1, 0.15) is 11.1 Å². The molecule has 1 amide bonds. The van der Waals surface area contributed by atoms with Crippen molar-refractivity contribution in [2.45, 2.75) is 5.75 Å². The Hall–Kier alpha value is -2.32. The van der Waals surface area contributed by atoms with E-state index in [0.29, 0.717) is 11.1 Å². The van der Waals surface area contributed by atoms with E-state index in [1.54, 1.807) is 0 Å². The van der Waals surface area contributed by atoms with Gasteiger partial charge in [0.2, 0.25) is 10.0 Å². The third-order valence-corrected chi connectivity index (χ3v) is 4.00. The summed E-state index contributed by atoms with van der Waals surface area (Å²) in [5.41, 5.74) is 0.715. The van der Waals surface area contributed by atoms with Gasteiger partial charge in [0.1, 0.15) is 11.0 Å². The second-order valence-electron chi connectivity index (χ2n) is 4.48. The highest BCUT2D eigenvalue weighted by atomic mass is 35.5. The van der Waals surface area contributed by atoms with Gasteiger partial charge in [0.25, 0.3) is 5.91 Å². The van der Waals surface area contributed by atoms with Crippen molar-refractivity contribution in [3.63, 3.8) is 0 Å². The molecule has 0 saturated heterocycles. The molecule has 0 bridgehead atoms. The Morgan fingerprint density at radius 2 is 2.09 bits per heavy atom. The van der Waals surface area contributed by atoms with Crippen LogP contribution < -0.4 is 4.72 Å². The maximum absolute atomic E-state index is 12.9. The predicted octanol–water partition coefficient (Wildman–Crippen LogP) is 1.93. The van der Waals surface area contributed by atoms with Gasteiger partial charge < -0.3 is 0 Å². The molecule has 0 unspecified atom stereocenters. The number of hydrogen-bond donors (Lipinski definition) is 1. The first-order valence-corrected chi connectivity index (χ1v) is 8.30. The summed E-state index contributed by atoms with van der Waals surface area (Å²) >= 11 is 5.61. The van der Waals surface area contributed by atoms with Crippen LogP contribution in [0.4, 0.5) is 4.39 Å². The fraction of sp³-hybridized carbons (Fsp3) is 0.0714. The Bertz CT molecular complexity index is 839. The molecule has 9 heteroatoms. The monoisotopic (exact) mass is 355 g/mol. The minimum atomic E-state index is -3.88. The molecule has 0 saturated carbocycles. The zero-order chi connectivity index (χ0) is 16.9. The molecule has 2 aromatic heterocycles. The molecule has 0 aliphatic carbocycles. The number of aromatic nitrogens is 2. The molecule has 0 aliphatic rings. The third kappa shape index (κ3) is 5.76. The van der Waals surface area contributed by atoms with Gasteiger partial charge in [-0.05, 0) is 29.3 Å². The molecule has 2 heterocycles. The molecule has 120 valence electrons. The van der Waals surface area contributed by atoms with Gasteiger partial charge in [0.15, 0.2) is 0 Å². The second-order valence-corrected chi connectivity index (χ2v) is 6.59. The molecule has 0 fully saturated rings. The Morgan fingerprint density at radius 1 is 1.30 bits per heavy atom. The number of carbonyl (C=O) groups excluding carboxylic acids is 1. The molecule has 6 nitrogen and oxygen atoms in total. The van der Waals surface area contributed by atoms with Crippen LogP contribution in [0.5, 0.6) is 0 Å². The molecule has 1 N–H and O–H groups in total. The number of hydrogen-bond acceptors (Lipinski definition) is 5. The second kappa shape index (κ2) is 7.30. The van der Waals surface area contributed by atoms with Crippen molar-refractivity contribution in [1.29, 1.82) is 0 Å². The van der Waals surface area contributed by atoms with Crippen molar-refractivity contribution in [3.8, 4) is 0 Å². The van der Waals surface area contributed by atoms with Crippen molar-refractivity contribution in [2.75, 3.05) is 0 Å². The number of nitrogens with zero attached hydrogens (tertiary/aromatic N) is 2. The van der Waals surface area contributed by atoms with Crippen molar-refractivity contribution in [1.82, 2.24) is 14.7 Å². The van der Waals surface area contributed by atoms with Gasteiger partial charge in [0, 0.05) is 18.5 Å². The third-order valence-electron chi connectivity index (χ3n) is 2.55. The smallest absolute Gasteiger partial charge is 0.257 e. The summed E-state index contributed by atoms with van der Waals surface area (Å²) in [7, 11) is -3.88. The van der Waals surface area contributed by atoms with Gasteiger partial charge in [0.05, 0.1) is 11.9 Å². The first-order chi connectivity index (χ1) is 10.8. The van der Waals surface area contributed by atoms with E-state index in [9.17, 15) is 17.6 Å². The topological polar surface area (TPSA) is 89.0 Å². The van der Waals surface area contributed by atoms with E-state index in [4.69, 9.17) is 11.6 Å². The number of pyridine rings is 2. The molecular weight excluding hydrogens is 345 g/mol. The van der Waals surface area contributed by atoms with E-state index in [0.717, 1.165) is 18.3 Å². The highest BCUT2D eigenvalue weighted by Crippen LogP contribution is 2.08. The maximum atomic E-state index is 12.9. The van der Waals surface area contributed by atoms with Crippen molar-refractivity contribution < 1.29 is 17.6 Å². The predicted molar refractivity (Wildman–Crippen MR) is 83.2 cm³/mol. The highest BCUT2D eigenvalue weighted by Gasteiger charge is 2.14. The number of carbonyl (C=O) groups is 1. The number of halogens is 2.